The highest BCUT2D eigenvalue weighted by atomic mass is 16.5. The van der Waals surface area contributed by atoms with Crippen LogP contribution in [0.15, 0.2) is 57.6 Å². The molecular formula is C31H28N10O8. The van der Waals surface area contributed by atoms with E-state index in [-0.39, 0.29) is 70.2 Å². The second kappa shape index (κ2) is 12.7. The van der Waals surface area contributed by atoms with Gasteiger partial charge in [0.15, 0.2) is 0 Å². The Labute approximate surface area is 275 Å². The molecule has 0 saturated carbocycles. The van der Waals surface area contributed by atoms with Crippen LogP contribution in [0.5, 0.6) is 11.5 Å². The number of nitrogens with two attached hydrogens (primary N) is 2. The lowest BCUT2D eigenvalue weighted by atomic mass is 10.1. The molecule has 6 rings (SSSR count). The van der Waals surface area contributed by atoms with Gasteiger partial charge in [0.25, 0.3) is 11.8 Å². The highest BCUT2D eigenvalue weighted by Crippen LogP contribution is 2.32. The molecule has 18 nitrogen and oxygen atoms in total. The molecule has 0 aliphatic heterocycles. The number of nitrogens with zero attached hydrogens (tertiary/aromatic N) is 6. The summed E-state index contributed by atoms with van der Waals surface area (Å²) in [6, 6.07) is 8.44. The number of amides is 4. The van der Waals surface area contributed by atoms with Crippen LogP contribution >= 0.6 is 0 Å². The summed E-state index contributed by atoms with van der Waals surface area (Å²) in [6.07, 6.45) is 3.43. The number of aryl methyl sites for hydroxylation is 2. The molecule has 0 radical (unpaired) electrons. The summed E-state index contributed by atoms with van der Waals surface area (Å²) in [5.74, 6) is -2.75. The Morgan fingerprint density at radius 3 is 1.69 bits per heavy atom. The molecule has 4 aromatic heterocycles. The molecule has 18 heteroatoms. The number of fused-ring (bicyclic) bond motifs is 2. The van der Waals surface area contributed by atoms with Gasteiger partial charge < -0.3 is 39.5 Å². The number of aromatic nitrogens is 6. The van der Waals surface area contributed by atoms with Crippen LogP contribution in [0.25, 0.3) is 22.1 Å². The number of methoxy groups -OCH3 is 1. The summed E-state index contributed by atoms with van der Waals surface area (Å²) >= 11 is 0. The summed E-state index contributed by atoms with van der Waals surface area (Å²) in [5.41, 5.74) is 13.3. The normalized spacial score (nSPS) is 11.4. The van der Waals surface area contributed by atoms with Gasteiger partial charge in [0, 0.05) is 36.3 Å². The number of hydrogen-bond acceptors (Lipinski definition) is 12. The van der Waals surface area contributed by atoms with Crippen molar-refractivity contribution in [3.63, 3.8) is 0 Å². The van der Waals surface area contributed by atoms with Crippen molar-refractivity contribution in [1.82, 2.24) is 29.4 Å². The smallest absolute Gasteiger partial charge is 0.296 e. The molecule has 4 heterocycles. The lowest BCUT2D eigenvalue weighted by Gasteiger charge is -2.11. The van der Waals surface area contributed by atoms with E-state index in [0.717, 1.165) is 0 Å². The third-order valence-electron chi connectivity index (χ3n) is 7.31. The molecule has 0 aliphatic rings. The van der Waals surface area contributed by atoms with Gasteiger partial charge in [-0.25, -0.2) is 9.97 Å². The first kappa shape index (κ1) is 32.0. The van der Waals surface area contributed by atoms with Crippen LogP contribution < -0.4 is 26.8 Å². The maximum Gasteiger partial charge on any atom is 0.296 e. The lowest BCUT2D eigenvalue weighted by Crippen LogP contribution is -2.16. The standard InChI is InChI=1S/C31H28N10O8/c1-14-8-22(48-38-14)28(45)36-30-34-18-10-16(26(32)43)12-20(42)24(18)40(30)6-4-5-7-41-25-19(11-17(27(33)44)13-21(25)47-3)35-31(41)37-29(46)23-9-15(2)39-49-23/h4-5,8-13,42H,6-7H2,1-3H3,(H2,32,43)(H2,33,44)(H,34,36,45)(H,35,37,46)/b5-4+. The van der Waals surface area contributed by atoms with Crippen LogP contribution in [0.3, 0.4) is 0 Å². The predicted molar refractivity (Wildman–Crippen MR) is 172 cm³/mol. The maximum atomic E-state index is 13.0. The molecule has 0 atom stereocenters. The zero-order chi connectivity index (χ0) is 35.0. The number of primary amides is 2. The minimum atomic E-state index is -0.776. The zero-order valence-electron chi connectivity index (χ0n) is 26.2. The van der Waals surface area contributed by atoms with Gasteiger partial charge in [0.2, 0.25) is 35.2 Å². The minimum Gasteiger partial charge on any atom is -0.506 e. The van der Waals surface area contributed by atoms with Gasteiger partial charge in [-0.2, -0.15) is 0 Å². The first-order valence-corrected chi connectivity index (χ1v) is 14.5. The summed E-state index contributed by atoms with van der Waals surface area (Å²) in [6.45, 7) is 3.49. The van der Waals surface area contributed by atoms with E-state index in [4.69, 9.17) is 25.3 Å². The largest absolute Gasteiger partial charge is 0.506 e. The first-order chi connectivity index (χ1) is 23.4. The average molecular weight is 669 g/mol. The summed E-state index contributed by atoms with van der Waals surface area (Å²) < 4.78 is 18.8. The highest BCUT2D eigenvalue weighted by Gasteiger charge is 2.22. The number of benzene rings is 2. The van der Waals surface area contributed by atoms with Crippen LogP contribution in [0.4, 0.5) is 11.9 Å². The average Bonchev–Trinajstić information content (AvgIpc) is 3.84. The molecule has 0 spiro atoms. The Morgan fingerprint density at radius 1 is 0.776 bits per heavy atom. The number of rotatable bonds is 11. The highest BCUT2D eigenvalue weighted by molar-refractivity contribution is 6.04. The van der Waals surface area contributed by atoms with Crippen LogP contribution in [-0.2, 0) is 13.1 Å². The molecule has 0 unspecified atom stereocenters. The number of allylic oxidation sites excluding steroid dienone is 2. The Morgan fingerprint density at radius 2 is 1.24 bits per heavy atom. The molecule has 0 fully saturated rings. The number of phenolic OH excluding ortho intramolecular Hbond substituents is 1. The van der Waals surface area contributed by atoms with Gasteiger partial charge in [-0.15, -0.1) is 0 Å². The molecule has 0 saturated heterocycles. The van der Waals surface area contributed by atoms with Gasteiger partial charge in [0.05, 0.1) is 29.5 Å². The predicted octanol–water partition coefficient (Wildman–Crippen LogP) is 2.65. The fraction of sp³-hybridized carbons (Fsp3) is 0.161. The fourth-order valence-corrected chi connectivity index (χ4v) is 5.09. The number of aromatic hydroxyl groups is 1. The van der Waals surface area contributed by atoms with Crippen LogP contribution in [0.1, 0.15) is 53.2 Å². The number of ether oxygens (including phenoxy) is 1. The zero-order valence-corrected chi connectivity index (χ0v) is 26.2. The van der Waals surface area contributed by atoms with E-state index in [0.29, 0.717) is 22.4 Å². The Hall–Kier alpha value is -6.98. The number of imidazole rings is 2. The van der Waals surface area contributed by atoms with Crippen molar-refractivity contribution in [3.8, 4) is 11.5 Å². The third kappa shape index (κ3) is 6.24. The number of anilines is 2. The van der Waals surface area contributed by atoms with Crippen LogP contribution in [-0.4, -0.2) is 65.3 Å². The second-order valence-corrected chi connectivity index (χ2v) is 10.8. The quantitative estimate of drug-likeness (QED) is 0.125. The van der Waals surface area contributed by atoms with E-state index >= 15 is 0 Å². The van der Waals surface area contributed by atoms with Crippen molar-refractivity contribution < 1.29 is 38.1 Å². The lowest BCUT2D eigenvalue weighted by molar-refractivity contribution is 0.0979. The third-order valence-corrected chi connectivity index (χ3v) is 7.31. The Balaban J connectivity index is 1.36. The molecule has 49 heavy (non-hydrogen) atoms. The van der Waals surface area contributed by atoms with Crippen molar-refractivity contribution in [2.45, 2.75) is 26.9 Å². The Kier molecular flexibility index (Phi) is 8.27. The molecule has 250 valence electrons. The summed E-state index contributed by atoms with van der Waals surface area (Å²) in [7, 11) is 1.42. The number of phenols is 1. The number of hydrogen-bond donors (Lipinski definition) is 5. The van der Waals surface area contributed by atoms with E-state index in [1.165, 1.54) is 48.1 Å². The van der Waals surface area contributed by atoms with Crippen LogP contribution in [0.2, 0.25) is 0 Å². The molecule has 2 aromatic carbocycles. The maximum absolute atomic E-state index is 13.0. The van der Waals surface area contributed by atoms with Gasteiger partial charge in [0.1, 0.15) is 22.5 Å². The van der Waals surface area contributed by atoms with E-state index in [9.17, 15) is 24.3 Å². The number of carbonyl (C=O) groups is 4. The first-order valence-electron chi connectivity index (χ1n) is 14.5. The van der Waals surface area contributed by atoms with Gasteiger partial charge >= 0.3 is 0 Å². The topological polar surface area (TPSA) is 262 Å². The van der Waals surface area contributed by atoms with Crippen molar-refractivity contribution >= 4 is 57.6 Å². The van der Waals surface area contributed by atoms with E-state index < -0.39 is 23.6 Å². The van der Waals surface area contributed by atoms with Crippen molar-refractivity contribution in [3.05, 3.63) is 82.6 Å². The molecule has 4 amide bonds. The van der Waals surface area contributed by atoms with Crippen molar-refractivity contribution in [2.24, 2.45) is 11.5 Å². The van der Waals surface area contributed by atoms with Crippen molar-refractivity contribution in [2.75, 3.05) is 17.7 Å². The van der Waals surface area contributed by atoms with Gasteiger partial charge in [-0.05, 0) is 38.1 Å². The second-order valence-electron chi connectivity index (χ2n) is 10.8. The molecular weight excluding hydrogens is 640 g/mol. The van der Waals surface area contributed by atoms with E-state index in [1.54, 1.807) is 30.6 Å². The monoisotopic (exact) mass is 668 g/mol. The Bertz CT molecular complexity index is 2330. The molecule has 6 aromatic rings. The molecule has 0 bridgehead atoms. The van der Waals surface area contributed by atoms with E-state index in [2.05, 4.69) is 30.9 Å². The minimum absolute atomic E-state index is 0.0180. The molecule has 0 aliphatic carbocycles. The van der Waals surface area contributed by atoms with Crippen LogP contribution in [0, 0.1) is 13.8 Å². The number of carbonyl (C=O) groups excluding carboxylic acids is 4. The number of nitrogens with one attached hydrogen (secondary N) is 2. The summed E-state index contributed by atoms with van der Waals surface area (Å²) in [4.78, 5) is 58.7. The van der Waals surface area contributed by atoms with Gasteiger partial charge in [-0.1, -0.05) is 22.5 Å². The van der Waals surface area contributed by atoms with Crippen molar-refractivity contribution in [1.29, 1.82) is 0 Å². The van der Waals surface area contributed by atoms with E-state index in [1.807, 2.05) is 0 Å². The SMILES string of the molecule is COc1cc(C(N)=O)cc2nc(NC(=O)c3cc(C)no3)n(C/C=C/Cn3c(NC(=O)c4cc(C)no4)nc4cc(C(N)=O)cc(O)c43)c12. The molecule has 7 N–H and O–H groups in total. The fourth-order valence-electron chi connectivity index (χ4n) is 5.09. The van der Waals surface area contributed by atoms with Gasteiger partial charge in [-0.3, -0.25) is 29.8 Å². The summed E-state index contributed by atoms with van der Waals surface area (Å²) in [5, 5.41) is 23.7.